The molecule has 0 atom stereocenters. The van der Waals surface area contributed by atoms with Gasteiger partial charge in [-0.25, -0.2) is 4.79 Å². The lowest BCUT2D eigenvalue weighted by molar-refractivity contribution is 0.0527. The number of hydrogen-bond acceptors (Lipinski definition) is 3. The van der Waals surface area contributed by atoms with Gasteiger partial charge in [0.1, 0.15) is 0 Å². The number of hydrogen-bond donors (Lipinski definition) is 0. The van der Waals surface area contributed by atoms with Crippen LogP contribution in [0.4, 0.5) is 0 Å². The summed E-state index contributed by atoms with van der Waals surface area (Å²) in [7, 11) is 1.88. The van der Waals surface area contributed by atoms with E-state index in [1.54, 1.807) is 25.5 Å². The fourth-order valence-electron chi connectivity index (χ4n) is 1.72. The summed E-state index contributed by atoms with van der Waals surface area (Å²) < 4.78 is 6.88. The van der Waals surface area contributed by atoms with Crippen molar-refractivity contribution in [3.63, 3.8) is 0 Å². The fraction of sp³-hybridized carbons (Fsp3) is 0.231. The van der Waals surface area contributed by atoms with Crippen LogP contribution in [0, 0.1) is 0 Å². The van der Waals surface area contributed by atoms with Crippen LogP contribution in [0.15, 0.2) is 36.9 Å². The van der Waals surface area contributed by atoms with E-state index in [-0.39, 0.29) is 5.97 Å². The highest BCUT2D eigenvalue weighted by Gasteiger charge is 2.15. The maximum atomic E-state index is 11.8. The lowest BCUT2D eigenvalue weighted by Gasteiger charge is -2.03. The first-order chi connectivity index (χ1) is 8.22. The van der Waals surface area contributed by atoms with Crippen LogP contribution in [0.1, 0.15) is 17.3 Å². The molecule has 0 aliphatic heterocycles. The molecule has 0 aliphatic carbocycles. The van der Waals surface area contributed by atoms with Gasteiger partial charge in [0.25, 0.3) is 0 Å². The minimum atomic E-state index is -0.292. The van der Waals surface area contributed by atoms with Crippen molar-refractivity contribution in [3.8, 4) is 11.1 Å². The highest BCUT2D eigenvalue weighted by Crippen LogP contribution is 2.24. The molecule has 0 aromatic carbocycles. The number of ether oxygens (including phenoxy) is 1. The Morgan fingerprint density at radius 3 is 2.71 bits per heavy atom. The van der Waals surface area contributed by atoms with E-state index in [4.69, 9.17) is 4.74 Å². The summed E-state index contributed by atoms with van der Waals surface area (Å²) in [6.45, 7) is 2.18. The maximum absolute atomic E-state index is 11.8. The van der Waals surface area contributed by atoms with E-state index in [1.807, 2.05) is 29.9 Å². The Labute approximate surface area is 99.9 Å². The smallest absolute Gasteiger partial charge is 0.340 e. The van der Waals surface area contributed by atoms with Gasteiger partial charge in [-0.05, 0) is 24.6 Å². The molecule has 2 rings (SSSR count). The summed E-state index contributed by atoms with van der Waals surface area (Å²) >= 11 is 0. The van der Waals surface area contributed by atoms with Gasteiger partial charge in [-0.1, -0.05) is 0 Å². The Bertz CT molecular complexity index is 517. The minimum absolute atomic E-state index is 0.292. The minimum Gasteiger partial charge on any atom is -0.462 e. The Morgan fingerprint density at radius 2 is 2.06 bits per heavy atom. The second kappa shape index (κ2) is 4.82. The van der Waals surface area contributed by atoms with Gasteiger partial charge >= 0.3 is 5.97 Å². The van der Waals surface area contributed by atoms with Crippen LogP contribution in [0.2, 0.25) is 0 Å². The second-order valence-electron chi connectivity index (χ2n) is 3.71. The number of aryl methyl sites for hydroxylation is 1. The lowest BCUT2D eigenvalue weighted by atomic mass is 10.1. The average Bonchev–Trinajstić information content (AvgIpc) is 2.73. The van der Waals surface area contributed by atoms with Gasteiger partial charge in [-0.2, -0.15) is 0 Å². The molecule has 88 valence electrons. The molecular weight excluding hydrogens is 216 g/mol. The first kappa shape index (κ1) is 11.4. The Kier molecular flexibility index (Phi) is 3.23. The summed E-state index contributed by atoms with van der Waals surface area (Å²) in [4.78, 5) is 15.8. The zero-order chi connectivity index (χ0) is 12.3. The summed E-state index contributed by atoms with van der Waals surface area (Å²) in [5.74, 6) is -0.292. The monoisotopic (exact) mass is 230 g/mol. The van der Waals surface area contributed by atoms with Crippen molar-refractivity contribution in [1.29, 1.82) is 0 Å². The van der Waals surface area contributed by atoms with Crippen LogP contribution in [-0.4, -0.2) is 22.1 Å². The first-order valence-electron chi connectivity index (χ1n) is 5.46. The SMILES string of the molecule is CCOC(=O)c1cn(C)cc1-c1ccncc1. The zero-order valence-corrected chi connectivity index (χ0v) is 9.88. The van der Waals surface area contributed by atoms with E-state index < -0.39 is 0 Å². The normalized spacial score (nSPS) is 10.2. The van der Waals surface area contributed by atoms with E-state index >= 15 is 0 Å². The third kappa shape index (κ3) is 2.36. The van der Waals surface area contributed by atoms with Crippen molar-refractivity contribution in [3.05, 3.63) is 42.5 Å². The molecule has 2 heterocycles. The summed E-state index contributed by atoms with van der Waals surface area (Å²) in [6, 6.07) is 3.75. The van der Waals surface area contributed by atoms with Crippen LogP contribution >= 0.6 is 0 Å². The number of carbonyl (C=O) groups excluding carboxylic acids is 1. The molecule has 0 bridgehead atoms. The molecule has 0 aliphatic rings. The molecular formula is C13H14N2O2. The number of nitrogens with zero attached hydrogens (tertiary/aromatic N) is 2. The molecule has 2 aromatic heterocycles. The van der Waals surface area contributed by atoms with Gasteiger partial charge in [-0.3, -0.25) is 4.98 Å². The Morgan fingerprint density at radius 1 is 1.35 bits per heavy atom. The predicted octanol–water partition coefficient (Wildman–Crippen LogP) is 2.26. The molecule has 2 aromatic rings. The summed E-state index contributed by atoms with van der Waals surface area (Å²) in [5.41, 5.74) is 2.41. The van der Waals surface area contributed by atoms with Crippen molar-refractivity contribution < 1.29 is 9.53 Å². The summed E-state index contributed by atoms with van der Waals surface area (Å²) in [6.07, 6.45) is 7.09. The average molecular weight is 230 g/mol. The van der Waals surface area contributed by atoms with Crippen molar-refractivity contribution in [2.75, 3.05) is 6.61 Å². The van der Waals surface area contributed by atoms with Crippen molar-refractivity contribution in [2.45, 2.75) is 6.92 Å². The predicted molar refractivity (Wildman–Crippen MR) is 64.6 cm³/mol. The highest BCUT2D eigenvalue weighted by atomic mass is 16.5. The Balaban J connectivity index is 2.44. The molecule has 4 nitrogen and oxygen atoms in total. The van der Waals surface area contributed by atoms with Gasteiger partial charge in [0.2, 0.25) is 0 Å². The van der Waals surface area contributed by atoms with Gasteiger partial charge in [0, 0.05) is 37.4 Å². The molecule has 0 amide bonds. The maximum Gasteiger partial charge on any atom is 0.340 e. The zero-order valence-electron chi connectivity index (χ0n) is 9.88. The van der Waals surface area contributed by atoms with Crippen LogP contribution in [-0.2, 0) is 11.8 Å². The van der Waals surface area contributed by atoms with E-state index in [2.05, 4.69) is 4.98 Å². The van der Waals surface area contributed by atoms with E-state index in [0.29, 0.717) is 12.2 Å². The van der Waals surface area contributed by atoms with Crippen molar-refractivity contribution >= 4 is 5.97 Å². The van der Waals surface area contributed by atoms with E-state index in [0.717, 1.165) is 11.1 Å². The van der Waals surface area contributed by atoms with Crippen LogP contribution in [0.3, 0.4) is 0 Å². The topological polar surface area (TPSA) is 44.1 Å². The van der Waals surface area contributed by atoms with Crippen molar-refractivity contribution in [2.24, 2.45) is 7.05 Å². The molecule has 0 radical (unpaired) electrons. The number of pyridine rings is 1. The van der Waals surface area contributed by atoms with Crippen molar-refractivity contribution in [1.82, 2.24) is 9.55 Å². The number of carbonyl (C=O) groups is 1. The molecule has 0 saturated heterocycles. The third-order valence-corrected chi connectivity index (χ3v) is 2.44. The molecule has 0 fully saturated rings. The third-order valence-electron chi connectivity index (χ3n) is 2.44. The lowest BCUT2D eigenvalue weighted by Crippen LogP contribution is -2.04. The second-order valence-corrected chi connectivity index (χ2v) is 3.71. The van der Waals surface area contributed by atoms with Gasteiger partial charge in [0.15, 0.2) is 0 Å². The summed E-state index contributed by atoms with van der Waals surface area (Å²) in [5, 5.41) is 0. The number of rotatable bonds is 3. The molecule has 4 heteroatoms. The molecule has 0 N–H and O–H groups in total. The van der Waals surface area contributed by atoms with Gasteiger partial charge in [-0.15, -0.1) is 0 Å². The largest absolute Gasteiger partial charge is 0.462 e. The van der Waals surface area contributed by atoms with Crippen LogP contribution in [0.5, 0.6) is 0 Å². The first-order valence-corrected chi connectivity index (χ1v) is 5.46. The quantitative estimate of drug-likeness (QED) is 0.760. The number of aromatic nitrogens is 2. The molecule has 0 saturated carbocycles. The van der Waals surface area contributed by atoms with Gasteiger partial charge in [0.05, 0.1) is 12.2 Å². The van der Waals surface area contributed by atoms with E-state index in [9.17, 15) is 4.79 Å². The number of esters is 1. The standard InChI is InChI=1S/C13H14N2O2/c1-3-17-13(16)12-9-15(2)8-11(12)10-4-6-14-7-5-10/h4-9H,3H2,1-2H3. The highest BCUT2D eigenvalue weighted by molar-refractivity contribution is 5.97. The molecule has 17 heavy (non-hydrogen) atoms. The Hall–Kier alpha value is -2.10. The fourth-order valence-corrected chi connectivity index (χ4v) is 1.72. The van der Waals surface area contributed by atoms with Gasteiger partial charge < -0.3 is 9.30 Å². The van der Waals surface area contributed by atoms with Crippen LogP contribution < -0.4 is 0 Å². The molecule has 0 spiro atoms. The molecule has 0 unspecified atom stereocenters. The van der Waals surface area contributed by atoms with Crippen LogP contribution in [0.25, 0.3) is 11.1 Å². The van der Waals surface area contributed by atoms with E-state index in [1.165, 1.54) is 0 Å².